The van der Waals surface area contributed by atoms with Gasteiger partial charge < -0.3 is 9.80 Å². The molecule has 1 aromatic carbocycles. The molecule has 0 unspecified atom stereocenters. The smallest absolute Gasteiger partial charge is 0.334 e. The fraction of sp³-hybridized carbons (Fsp3) is 0.440. The molecule has 0 bridgehead atoms. The molecular formula is C25H26F3N7O. The Bertz CT molecular complexity index is 1490. The molecule has 1 aliphatic carbocycles. The topological polar surface area (TPSA) is 93.8 Å². The highest BCUT2D eigenvalue weighted by Gasteiger charge is 2.38. The van der Waals surface area contributed by atoms with Crippen molar-refractivity contribution in [1.82, 2.24) is 35.2 Å². The second kappa shape index (κ2) is 8.29. The molecule has 0 spiro atoms. The van der Waals surface area contributed by atoms with Crippen LogP contribution in [0.2, 0.25) is 0 Å². The van der Waals surface area contributed by atoms with Gasteiger partial charge in [0.25, 0.3) is 5.91 Å². The van der Waals surface area contributed by atoms with E-state index in [0.29, 0.717) is 48.2 Å². The third kappa shape index (κ3) is 3.56. The fourth-order valence-electron chi connectivity index (χ4n) is 5.57. The summed E-state index contributed by atoms with van der Waals surface area (Å²) in [4.78, 5) is 22.4. The van der Waals surface area contributed by atoms with Gasteiger partial charge in [-0.05, 0) is 62.9 Å². The zero-order valence-corrected chi connectivity index (χ0v) is 20.0. The summed E-state index contributed by atoms with van der Waals surface area (Å²) in [6.45, 7) is 4.09. The number of benzene rings is 1. The molecule has 6 rings (SSSR count). The molecule has 2 N–H and O–H groups in total. The van der Waals surface area contributed by atoms with Gasteiger partial charge in [0.1, 0.15) is 5.69 Å². The zero-order chi connectivity index (χ0) is 25.2. The highest BCUT2D eigenvalue weighted by molar-refractivity contribution is 6.17. The maximum atomic E-state index is 13.7. The van der Waals surface area contributed by atoms with E-state index in [4.69, 9.17) is 4.98 Å². The summed E-state index contributed by atoms with van der Waals surface area (Å²) in [5, 5.41) is 14.7. The summed E-state index contributed by atoms with van der Waals surface area (Å²) < 4.78 is 41.1. The number of alkyl halides is 3. The Morgan fingerprint density at radius 1 is 1.08 bits per heavy atom. The lowest BCUT2D eigenvalue weighted by Crippen LogP contribution is -2.52. The number of piperazine rings is 1. The number of carbonyl (C=O) groups is 1. The van der Waals surface area contributed by atoms with E-state index in [1.807, 2.05) is 11.9 Å². The van der Waals surface area contributed by atoms with Crippen LogP contribution >= 0.6 is 0 Å². The van der Waals surface area contributed by atoms with Crippen molar-refractivity contribution in [3.63, 3.8) is 0 Å². The highest BCUT2D eigenvalue weighted by Crippen LogP contribution is 2.42. The van der Waals surface area contributed by atoms with Crippen molar-refractivity contribution < 1.29 is 18.0 Å². The largest absolute Gasteiger partial charge is 0.433 e. The van der Waals surface area contributed by atoms with Crippen LogP contribution in [0.25, 0.3) is 33.1 Å². The number of carbonyl (C=O) groups excluding carboxylic acids is 1. The monoisotopic (exact) mass is 497 g/mol. The van der Waals surface area contributed by atoms with Gasteiger partial charge >= 0.3 is 6.18 Å². The molecule has 188 valence electrons. The molecule has 4 heterocycles. The summed E-state index contributed by atoms with van der Waals surface area (Å²) >= 11 is 0. The number of amides is 1. The number of H-pyrrole nitrogens is 2. The van der Waals surface area contributed by atoms with Crippen molar-refractivity contribution in [3.8, 4) is 11.3 Å². The molecule has 1 saturated heterocycles. The predicted molar refractivity (Wildman–Crippen MR) is 129 cm³/mol. The van der Waals surface area contributed by atoms with Crippen LogP contribution in [0.5, 0.6) is 0 Å². The number of aromatic nitrogens is 5. The third-order valence-corrected chi connectivity index (χ3v) is 7.62. The second-order valence-electron chi connectivity index (χ2n) is 9.82. The Kier molecular flexibility index (Phi) is 5.29. The molecule has 4 aromatic rings. The Labute approximate surface area is 204 Å². The fourth-order valence-corrected chi connectivity index (χ4v) is 5.57. The molecule has 11 heteroatoms. The SMILES string of the molecule is C[C@H]1CN(C(=O)c2n[nH]c3ccc4nc(-c5cn[nH]c5C(F)(F)F)c5c(c4c23)CCCC5)CCN1C. The van der Waals surface area contributed by atoms with Gasteiger partial charge in [0.05, 0.1) is 28.5 Å². The van der Waals surface area contributed by atoms with Crippen molar-refractivity contribution in [1.29, 1.82) is 0 Å². The zero-order valence-electron chi connectivity index (χ0n) is 20.0. The van der Waals surface area contributed by atoms with Crippen molar-refractivity contribution in [3.05, 3.63) is 40.8 Å². The number of hydrogen-bond acceptors (Lipinski definition) is 5. The number of aryl methyl sites for hydroxylation is 1. The molecule has 1 aliphatic heterocycles. The van der Waals surface area contributed by atoms with Gasteiger partial charge in [-0.2, -0.15) is 23.4 Å². The Balaban J connectivity index is 1.56. The van der Waals surface area contributed by atoms with Crippen molar-refractivity contribution in [2.45, 2.75) is 44.8 Å². The van der Waals surface area contributed by atoms with E-state index in [2.05, 4.69) is 32.2 Å². The second-order valence-corrected chi connectivity index (χ2v) is 9.82. The minimum absolute atomic E-state index is 0.0439. The van der Waals surface area contributed by atoms with Crippen LogP contribution in [0, 0.1) is 0 Å². The van der Waals surface area contributed by atoms with Crippen molar-refractivity contribution in [2.75, 3.05) is 26.7 Å². The number of aromatic amines is 2. The number of likely N-dealkylation sites (N-methyl/N-ethyl adjacent to an activating group) is 1. The van der Waals surface area contributed by atoms with Crippen molar-refractivity contribution >= 4 is 27.7 Å². The van der Waals surface area contributed by atoms with Gasteiger partial charge in [0.15, 0.2) is 5.69 Å². The van der Waals surface area contributed by atoms with Gasteiger partial charge in [-0.15, -0.1) is 0 Å². The van der Waals surface area contributed by atoms with Gasteiger partial charge in [-0.1, -0.05) is 0 Å². The Morgan fingerprint density at radius 2 is 1.86 bits per heavy atom. The van der Waals surface area contributed by atoms with Gasteiger partial charge in [0.2, 0.25) is 0 Å². The number of rotatable bonds is 2. The summed E-state index contributed by atoms with van der Waals surface area (Å²) in [5.41, 5.74) is 2.72. The molecular weight excluding hydrogens is 471 g/mol. The first-order valence-corrected chi connectivity index (χ1v) is 12.2. The maximum absolute atomic E-state index is 13.7. The van der Waals surface area contributed by atoms with Crippen LogP contribution in [0.3, 0.4) is 0 Å². The average Bonchev–Trinajstić information content (AvgIpc) is 3.52. The van der Waals surface area contributed by atoms with Crippen LogP contribution in [0.1, 0.15) is 47.1 Å². The Hall–Kier alpha value is -3.47. The van der Waals surface area contributed by atoms with E-state index in [-0.39, 0.29) is 17.5 Å². The number of pyridine rings is 1. The normalized spacial score (nSPS) is 19.2. The molecule has 1 fully saturated rings. The van der Waals surface area contributed by atoms with Crippen LogP contribution in [-0.2, 0) is 19.0 Å². The molecule has 0 radical (unpaired) electrons. The van der Waals surface area contributed by atoms with Crippen LogP contribution in [0.4, 0.5) is 13.2 Å². The van der Waals surface area contributed by atoms with Crippen molar-refractivity contribution in [2.24, 2.45) is 0 Å². The summed E-state index contributed by atoms with van der Waals surface area (Å²) in [5.74, 6) is -0.142. The molecule has 8 nitrogen and oxygen atoms in total. The number of fused-ring (bicyclic) bond motifs is 5. The maximum Gasteiger partial charge on any atom is 0.433 e. The van der Waals surface area contributed by atoms with E-state index in [1.165, 1.54) is 6.20 Å². The van der Waals surface area contributed by atoms with Crippen LogP contribution < -0.4 is 0 Å². The van der Waals surface area contributed by atoms with Gasteiger partial charge in [-0.3, -0.25) is 15.0 Å². The predicted octanol–water partition coefficient (Wildman–Crippen LogP) is 4.17. The van der Waals surface area contributed by atoms with E-state index >= 15 is 0 Å². The first-order valence-electron chi connectivity index (χ1n) is 12.2. The summed E-state index contributed by atoms with van der Waals surface area (Å²) in [6, 6.07) is 3.81. The minimum Gasteiger partial charge on any atom is -0.334 e. The molecule has 36 heavy (non-hydrogen) atoms. The third-order valence-electron chi connectivity index (χ3n) is 7.62. The Morgan fingerprint density at radius 3 is 2.61 bits per heavy atom. The number of hydrogen-bond donors (Lipinski definition) is 2. The number of halogens is 3. The van der Waals surface area contributed by atoms with Gasteiger partial charge in [-0.25, -0.2) is 4.98 Å². The lowest BCUT2D eigenvalue weighted by molar-refractivity contribution is -0.140. The molecule has 1 atom stereocenters. The summed E-state index contributed by atoms with van der Waals surface area (Å²) in [7, 11) is 2.05. The summed E-state index contributed by atoms with van der Waals surface area (Å²) in [6.07, 6.45) is -0.285. The van der Waals surface area contributed by atoms with Crippen LogP contribution in [0.15, 0.2) is 18.3 Å². The minimum atomic E-state index is -4.57. The van der Waals surface area contributed by atoms with E-state index in [9.17, 15) is 18.0 Å². The lowest BCUT2D eigenvalue weighted by Gasteiger charge is -2.37. The van der Waals surface area contributed by atoms with E-state index in [1.54, 1.807) is 12.1 Å². The van der Waals surface area contributed by atoms with E-state index < -0.39 is 11.9 Å². The number of nitrogens with zero attached hydrogens (tertiary/aromatic N) is 5. The number of nitrogens with one attached hydrogen (secondary N) is 2. The molecule has 2 aliphatic rings. The first-order chi connectivity index (χ1) is 17.2. The molecule has 3 aromatic heterocycles. The van der Waals surface area contributed by atoms with Gasteiger partial charge in [0, 0.05) is 36.4 Å². The quantitative estimate of drug-likeness (QED) is 0.434. The average molecular weight is 498 g/mol. The van der Waals surface area contributed by atoms with Crippen LogP contribution in [-0.4, -0.2) is 73.8 Å². The highest BCUT2D eigenvalue weighted by atomic mass is 19.4. The first kappa shape index (κ1) is 23.0. The molecule has 1 amide bonds. The van der Waals surface area contributed by atoms with E-state index in [0.717, 1.165) is 41.4 Å². The standard InChI is InChI=1S/C25H26F3N7O/c1-13-12-35(10-9-34(13)2)24(36)22-20-18(31-32-22)8-7-17-19(20)14-5-3-4-6-15(14)21(30-17)16-11-29-33-23(16)25(26,27)28/h7-8,11,13H,3-6,9-10,12H2,1-2H3,(H,29,33)(H,31,32)/t13-/m0/s1. The lowest BCUT2D eigenvalue weighted by atomic mass is 9.85. The molecule has 0 saturated carbocycles.